The molecule has 0 saturated carbocycles. The number of ether oxygens (including phenoxy) is 3. The van der Waals surface area contributed by atoms with E-state index in [9.17, 15) is 15.3 Å². The fourth-order valence-corrected chi connectivity index (χ4v) is 5.19. The Balaban J connectivity index is 1.19. The molecule has 0 bridgehead atoms. The zero-order valence-corrected chi connectivity index (χ0v) is 21.4. The Bertz CT molecular complexity index is 1440. The van der Waals surface area contributed by atoms with Gasteiger partial charge in [-0.05, 0) is 22.8 Å². The smallest absolute Gasteiger partial charge is 0.298 e. The number of pyridine rings is 1. The average molecular weight is 538 g/mol. The van der Waals surface area contributed by atoms with E-state index in [1.165, 1.54) is 0 Å². The lowest BCUT2D eigenvalue weighted by molar-refractivity contribution is -0.103. The number of imidazole rings is 1. The fourth-order valence-electron chi connectivity index (χ4n) is 4.93. The quantitative estimate of drug-likeness (QED) is 0.282. The van der Waals surface area contributed by atoms with E-state index in [1.807, 2.05) is 55.5 Å². The van der Waals surface area contributed by atoms with E-state index in [0.717, 1.165) is 22.3 Å². The lowest BCUT2D eigenvalue weighted by Crippen LogP contribution is -2.30. The van der Waals surface area contributed by atoms with E-state index in [-0.39, 0.29) is 38.0 Å². The summed E-state index contributed by atoms with van der Waals surface area (Å²) in [7, 11) is 0. The van der Waals surface area contributed by atoms with Crippen molar-refractivity contribution in [3.05, 3.63) is 65.2 Å². The number of aromatic amines is 1. The van der Waals surface area contributed by atoms with E-state index >= 15 is 0 Å². The predicted molar refractivity (Wildman–Crippen MR) is 141 cm³/mol. The van der Waals surface area contributed by atoms with E-state index < -0.39 is 17.8 Å². The van der Waals surface area contributed by atoms with Crippen LogP contribution in [0.25, 0.3) is 33.5 Å². The van der Waals surface area contributed by atoms with Crippen molar-refractivity contribution in [2.75, 3.05) is 19.8 Å². The summed E-state index contributed by atoms with van der Waals surface area (Å²) in [4.78, 5) is 12.2. The van der Waals surface area contributed by atoms with Crippen LogP contribution in [0.4, 0.5) is 0 Å². The number of hydrogen-bond acceptors (Lipinski definition) is 8. The molecule has 0 aliphatic carbocycles. The van der Waals surface area contributed by atoms with Gasteiger partial charge in [-0.25, -0.2) is 4.98 Å². The molecule has 2 aromatic heterocycles. The molecule has 4 N–H and O–H groups in total. The molecule has 1 unspecified atom stereocenters. The number of rotatable bonds is 7. The summed E-state index contributed by atoms with van der Waals surface area (Å²) in [6.07, 6.45) is -1.27. The van der Waals surface area contributed by atoms with Crippen molar-refractivity contribution in [1.82, 2.24) is 15.0 Å². The van der Waals surface area contributed by atoms with Crippen molar-refractivity contribution in [3.63, 3.8) is 0 Å². The second-order valence-corrected chi connectivity index (χ2v) is 10.5. The van der Waals surface area contributed by atoms with Crippen molar-refractivity contribution >= 4 is 22.8 Å². The third-order valence-electron chi connectivity index (χ3n) is 7.38. The third-order valence-corrected chi connectivity index (χ3v) is 7.67. The Hall–Kier alpha value is -3.05. The van der Waals surface area contributed by atoms with Gasteiger partial charge in [0, 0.05) is 17.4 Å². The lowest BCUT2D eigenvalue weighted by Gasteiger charge is -2.25. The maximum atomic E-state index is 9.94. The molecule has 198 valence electrons. The number of nitrogens with zero attached hydrogens (tertiary/aromatic N) is 2. The van der Waals surface area contributed by atoms with Gasteiger partial charge in [0.25, 0.3) is 6.01 Å². The molecule has 2 fully saturated rings. The van der Waals surface area contributed by atoms with Crippen LogP contribution in [-0.4, -0.2) is 74.7 Å². The molecule has 4 atom stereocenters. The lowest BCUT2D eigenvalue weighted by atomic mass is 9.83. The van der Waals surface area contributed by atoms with Crippen LogP contribution in [0.3, 0.4) is 0 Å². The Morgan fingerprint density at radius 2 is 1.68 bits per heavy atom. The van der Waals surface area contributed by atoms with Gasteiger partial charge in [0.2, 0.25) is 6.29 Å². The zero-order chi connectivity index (χ0) is 26.4. The van der Waals surface area contributed by atoms with Crippen LogP contribution in [0.15, 0.2) is 54.6 Å². The summed E-state index contributed by atoms with van der Waals surface area (Å²) in [5, 5.41) is 29.7. The van der Waals surface area contributed by atoms with Crippen LogP contribution in [0.2, 0.25) is 5.02 Å². The highest BCUT2D eigenvalue weighted by atomic mass is 35.5. The topological polar surface area (TPSA) is 130 Å². The summed E-state index contributed by atoms with van der Waals surface area (Å²) in [6, 6.07) is 17.7. The van der Waals surface area contributed by atoms with Gasteiger partial charge >= 0.3 is 0 Å². The number of aliphatic hydroxyl groups excluding tert-OH is 3. The Morgan fingerprint density at radius 3 is 2.34 bits per heavy atom. The largest absolute Gasteiger partial charge is 0.435 e. The van der Waals surface area contributed by atoms with Gasteiger partial charge in [0.15, 0.2) is 5.65 Å². The third kappa shape index (κ3) is 4.55. The van der Waals surface area contributed by atoms with Gasteiger partial charge in [0.1, 0.15) is 12.2 Å². The van der Waals surface area contributed by atoms with E-state index in [0.29, 0.717) is 28.3 Å². The molecule has 2 aliphatic heterocycles. The Kier molecular flexibility index (Phi) is 6.59. The summed E-state index contributed by atoms with van der Waals surface area (Å²) in [5.41, 5.74) is 4.76. The first kappa shape index (κ1) is 25.2. The minimum absolute atomic E-state index is 0.131. The average Bonchev–Trinajstić information content (AvgIpc) is 3.63. The number of nitrogens with one attached hydrogen (secondary N) is 1. The maximum Gasteiger partial charge on any atom is 0.298 e. The number of fused-ring (bicyclic) bond motifs is 2. The van der Waals surface area contributed by atoms with Crippen molar-refractivity contribution in [3.8, 4) is 28.4 Å². The second kappa shape index (κ2) is 9.92. The minimum atomic E-state index is -0.680. The number of aromatic nitrogens is 3. The molecule has 4 aromatic rings. The molecule has 0 amide bonds. The number of H-pyrrole nitrogens is 1. The monoisotopic (exact) mass is 537 g/mol. The highest BCUT2D eigenvalue weighted by Crippen LogP contribution is 2.34. The molecule has 0 spiro atoms. The Labute approximate surface area is 224 Å². The van der Waals surface area contributed by atoms with Crippen LogP contribution in [0, 0.1) is 0 Å². The number of halogens is 1. The molecule has 9 nitrogen and oxygen atoms in total. The van der Waals surface area contributed by atoms with Crippen LogP contribution in [-0.2, 0) is 14.9 Å². The first-order chi connectivity index (χ1) is 18.4. The van der Waals surface area contributed by atoms with Gasteiger partial charge in [-0.3, -0.25) is 0 Å². The minimum Gasteiger partial charge on any atom is -0.435 e. The van der Waals surface area contributed by atoms with Crippen LogP contribution in [0.5, 0.6) is 6.01 Å². The highest BCUT2D eigenvalue weighted by Gasteiger charge is 2.46. The fraction of sp³-hybridized carbons (Fsp3) is 0.357. The molecule has 0 radical (unpaired) electrons. The highest BCUT2D eigenvalue weighted by molar-refractivity contribution is 6.33. The van der Waals surface area contributed by atoms with Gasteiger partial charge in [-0.2, -0.15) is 4.98 Å². The molecule has 6 rings (SSSR count). The first-order valence-corrected chi connectivity index (χ1v) is 12.9. The van der Waals surface area contributed by atoms with E-state index in [2.05, 4.69) is 15.0 Å². The van der Waals surface area contributed by atoms with Gasteiger partial charge < -0.3 is 34.5 Å². The molecule has 2 aromatic carbocycles. The second-order valence-electron chi connectivity index (χ2n) is 10.1. The molecule has 38 heavy (non-hydrogen) atoms. The van der Waals surface area contributed by atoms with Crippen LogP contribution in [0.1, 0.15) is 18.9 Å². The van der Waals surface area contributed by atoms with E-state index in [1.54, 1.807) is 6.07 Å². The van der Waals surface area contributed by atoms with Crippen molar-refractivity contribution < 1.29 is 29.5 Å². The summed E-state index contributed by atoms with van der Waals surface area (Å²) in [6.45, 7) is 1.84. The summed E-state index contributed by atoms with van der Waals surface area (Å²) in [5.74, 6) is 0. The van der Waals surface area contributed by atoms with Gasteiger partial charge in [-0.1, -0.05) is 67.1 Å². The molecule has 4 heterocycles. The van der Waals surface area contributed by atoms with E-state index in [4.69, 9.17) is 25.8 Å². The molecule has 10 heteroatoms. The van der Waals surface area contributed by atoms with Crippen LogP contribution >= 0.6 is 11.6 Å². The van der Waals surface area contributed by atoms with Crippen molar-refractivity contribution in [2.24, 2.45) is 0 Å². The predicted octanol–water partition coefficient (Wildman–Crippen LogP) is 3.44. The molecule has 2 aliphatic rings. The number of hydrogen-bond donors (Lipinski definition) is 4. The number of aliphatic hydroxyl groups is 3. The number of benzene rings is 2. The molecular formula is C28H28ClN3O6. The standard InChI is InChI=1S/C28H28ClN3O6/c1-28(13-33,14-34)18-8-6-16(7-9-18)15-2-4-17(5-3-15)24-19(29)10-20-26(31-24)32-27(30-20)38-23-11-22-25(37-23)21(35)12-36-22/h2-10,21-23,25,33-35H,11-14H2,1H3,(H,30,31,32)/t21-,22-,23?,25-/m1/s1. The summed E-state index contributed by atoms with van der Waals surface area (Å²) < 4.78 is 17.1. The molecule has 2 saturated heterocycles. The first-order valence-electron chi connectivity index (χ1n) is 12.5. The SMILES string of the molecule is CC(CO)(CO)c1ccc(-c2ccc(-c3nc4nc(OC5C[C@H]6OC[C@@H](O)[C@H]6O5)[nH]c4cc3Cl)cc2)cc1. The van der Waals surface area contributed by atoms with Gasteiger partial charge in [-0.15, -0.1) is 0 Å². The normalized spacial score (nSPS) is 23.2. The van der Waals surface area contributed by atoms with Gasteiger partial charge in [0.05, 0.1) is 42.2 Å². The maximum absolute atomic E-state index is 9.94. The molecular weight excluding hydrogens is 510 g/mol. The summed E-state index contributed by atoms with van der Waals surface area (Å²) >= 11 is 6.58. The zero-order valence-electron chi connectivity index (χ0n) is 20.7. The van der Waals surface area contributed by atoms with Crippen LogP contribution < -0.4 is 4.74 Å². The van der Waals surface area contributed by atoms with Crippen molar-refractivity contribution in [2.45, 2.75) is 43.4 Å². The Morgan fingerprint density at radius 1 is 1.03 bits per heavy atom. The van der Waals surface area contributed by atoms with Crippen molar-refractivity contribution in [1.29, 1.82) is 0 Å².